The van der Waals surface area contributed by atoms with Gasteiger partial charge in [0.25, 0.3) is 5.17 Å². The van der Waals surface area contributed by atoms with Crippen LogP contribution in [0.4, 0.5) is 0 Å². The van der Waals surface area contributed by atoms with E-state index in [-0.39, 0.29) is 0 Å². The monoisotopic (exact) mass is 195 g/mol. The second-order valence-electron chi connectivity index (χ2n) is 2.89. The molecule has 1 aromatic rings. The molecule has 0 aliphatic carbocycles. The molecule has 0 aromatic heterocycles. The summed E-state index contributed by atoms with van der Waals surface area (Å²) in [4.78, 5) is 1.51. The third-order valence-electron chi connectivity index (χ3n) is 2.05. The van der Waals surface area contributed by atoms with E-state index in [1.165, 1.54) is 4.90 Å². The fraction of sp³-hybridized carbons (Fsp3) is 0.222. The first-order valence-corrected chi connectivity index (χ1v) is 4.32. The molecule has 1 atom stereocenters. The van der Waals surface area contributed by atoms with Crippen LogP contribution in [0, 0.1) is 0 Å². The van der Waals surface area contributed by atoms with Crippen LogP contribution in [0.2, 0.25) is 0 Å². The Morgan fingerprint density at radius 2 is 2.15 bits per heavy atom. The molecule has 3 nitrogen and oxygen atoms in total. The van der Waals surface area contributed by atoms with E-state index in [0.717, 1.165) is 5.56 Å². The standard InChI is InChI=1S/C9H9NO2S/c1-10-8(11)6-4-2-3-5-7(6)12-9(10)13/h2-5,8,11H,1H3/t8-/m0/s1. The van der Waals surface area contributed by atoms with Crippen molar-refractivity contribution in [2.75, 3.05) is 7.05 Å². The SMILES string of the molecule is CN1C(=S)Oc2ccccc2[C@@H]1O. The number of fused-ring (bicyclic) bond motifs is 1. The van der Waals surface area contributed by atoms with Gasteiger partial charge in [0.05, 0.1) is 0 Å². The molecule has 0 amide bonds. The lowest BCUT2D eigenvalue weighted by atomic mass is 10.1. The number of thiocarbonyl (C=S) groups is 1. The Morgan fingerprint density at radius 3 is 2.92 bits per heavy atom. The number of ether oxygens (including phenoxy) is 1. The first-order chi connectivity index (χ1) is 6.20. The Balaban J connectivity index is 2.49. The van der Waals surface area contributed by atoms with Crippen LogP contribution in [0.3, 0.4) is 0 Å². The highest BCUT2D eigenvalue weighted by molar-refractivity contribution is 7.80. The van der Waals surface area contributed by atoms with E-state index in [9.17, 15) is 5.11 Å². The third-order valence-corrected chi connectivity index (χ3v) is 2.42. The number of para-hydroxylation sites is 1. The zero-order chi connectivity index (χ0) is 9.42. The lowest BCUT2D eigenvalue weighted by Gasteiger charge is -2.31. The summed E-state index contributed by atoms with van der Waals surface area (Å²) >= 11 is 4.93. The van der Waals surface area contributed by atoms with E-state index in [2.05, 4.69) is 0 Å². The van der Waals surface area contributed by atoms with Crippen molar-refractivity contribution in [3.05, 3.63) is 29.8 Å². The molecule has 0 fully saturated rings. The number of benzene rings is 1. The van der Waals surface area contributed by atoms with E-state index in [0.29, 0.717) is 10.9 Å². The number of aliphatic hydroxyl groups excluding tert-OH is 1. The average molecular weight is 195 g/mol. The van der Waals surface area contributed by atoms with Gasteiger partial charge in [-0.3, -0.25) is 0 Å². The third kappa shape index (κ3) is 1.28. The minimum Gasteiger partial charge on any atom is -0.431 e. The summed E-state index contributed by atoms with van der Waals surface area (Å²) in [5.74, 6) is 0.637. The van der Waals surface area contributed by atoms with E-state index >= 15 is 0 Å². The van der Waals surface area contributed by atoms with Gasteiger partial charge in [-0.05, 0) is 18.3 Å². The number of aliphatic hydroxyl groups is 1. The van der Waals surface area contributed by atoms with Gasteiger partial charge in [-0.1, -0.05) is 18.2 Å². The van der Waals surface area contributed by atoms with Crippen molar-refractivity contribution in [1.82, 2.24) is 4.90 Å². The number of rotatable bonds is 0. The van der Waals surface area contributed by atoms with Gasteiger partial charge < -0.3 is 14.7 Å². The normalized spacial score (nSPS) is 20.9. The molecule has 4 heteroatoms. The summed E-state index contributed by atoms with van der Waals surface area (Å²) in [5, 5.41) is 10.1. The number of hydrogen-bond donors (Lipinski definition) is 1. The topological polar surface area (TPSA) is 32.7 Å². The molecule has 13 heavy (non-hydrogen) atoms. The van der Waals surface area contributed by atoms with E-state index < -0.39 is 6.23 Å². The fourth-order valence-electron chi connectivity index (χ4n) is 1.26. The summed E-state index contributed by atoms with van der Waals surface area (Å²) in [5.41, 5.74) is 0.749. The van der Waals surface area contributed by atoms with Crippen molar-refractivity contribution in [2.45, 2.75) is 6.23 Å². The highest BCUT2D eigenvalue weighted by atomic mass is 32.1. The van der Waals surface area contributed by atoms with E-state index in [1.807, 2.05) is 18.2 Å². The quantitative estimate of drug-likeness (QED) is 0.632. The summed E-state index contributed by atoms with van der Waals surface area (Å²) in [6.45, 7) is 0. The minimum absolute atomic E-state index is 0.297. The molecule has 0 unspecified atom stereocenters. The molecule has 2 rings (SSSR count). The molecular weight excluding hydrogens is 186 g/mol. The Labute approximate surface area is 81.5 Å². The minimum atomic E-state index is -0.697. The Bertz CT molecular complexity index is 353. The molecule has 0 radical (unpaired) electrons. The van der Waals surface area contributed by atoms with Crippen molar-refractivity contribution < 1.29 is 9.84 Å². The van der Waals surface area contributed by atoms with Crippen molar-refractivity contribution >= 4 is 17.4 Å². The van der Waals surface area contributed by atoms with Crippen molar-refractivity contribution in [3.63, 3.8) is 0 Å². The van der Waals surface area contributed by atoms with Crippen molar-refractivity contribution in [2.24, 2.45) is 0 Å². The first kappa shape index (κ1) is 8.47. The average Bonchev–Trinajstić information content (AvgIpc) is 2.15. The maximum absolute atomic E-state index is 9.76. The lowest BCUT2D eigenvalue weighted by Crippen LogP contribution is -2.37. The molecule has 0 saturated heterocycles. The van der Waals surface area contributed by atoms with Crippen LogP contribution in [-0.4, -0.2) is 22.2 Å². The summed E-state index contributed by atoms with van der Waals surface area (Å²) in [6, 6.07) is 7.31. The molecular formula is C9H9NO2S. The molecule has 1 heterocycles. The highest BCUT2D eigenvalue weighted by Crippen LogP contribution is 2.31. The van der Waals surface area contributed by atoms with Crippen LogP contribution in [-0.2, 0) is 0 Å². The Morgan fingerprint density at radius 1 is 1.46 bits per heavy atom. The van der Waals surface area contributed by atoms with Gasteiger partial charge in [-0.2, -0.15) is 0 Å². The maximum Gasteiger partial charge on any atom is 0.266 e. The predicted molar refractivity (Wildman–Crippen MR) is 52.4 cm³/mol. The largest absolute Gasteiger partial charge is 0.431 e. The molecule has 0 bridgehead atoms. The van der Waals surface area contributed by atoms with Crippen LogP contribution >= 0.6 is 12.2 Å². The van der Waals surface area contributed by atoms with Crippen LogP contribution < -0.4 is 4.74 Å². The van der Waals surface area contributed by atoms with Gasteiger partial charge in [0.15, 0.2) is 6.23 Å². The van der Waals surface area contributed by atoms with E-state index in [4.69, 9.17) is 17.0 Å². The van der Waals surface area contributed by atoms with Gasteiger partial charge in [-0.15, -0.1) is 0 Å². The van der Waals surface area contributed by atoms with Crippen LogP contribution in [0.1, 0.15) is 11.8 Å². The van der Waals surface area contributed by atoms with E-state index in [1.54, 1.807) is 13.1 Å². The zero-order valence-electron chi connectivity index (χ0n) is 7.10. The molecule has 1 aliphatic heterocycles. The van der Waals surface area contributed by atoms with Crippen molar-refractivity contribution in [3.8, 4) is 5.75 Å². The smallest absolute Gasteiger partial charge is 0.266 e. The summed E-state index contributed by atoms with van der Waals surface area (Å²) < 4.78 is 5.31. The highest BCUT2D eigenvalue weighted by Gasteiger charge is 2.26. The Hall–Kier alpha value is -1.13. The molecule has 1 aromatic carbocycles. The van der Waals surface area contributed by atoms with Gasteiger partial charge in [0.1, 0.15) is 5.75 Å². The second-order valence-corrected chi connectivity index (χ2v) is 3.24. The summed E-state index contributed by atoms with van der Waals surface area (Å²) in [7, 11) is 1.70. The van der Waals surface area contributed by atoms with Gasteiger partial charge in [0.2, 0.25) is 0 Å². The van der Waals surface area contributed by atoms with Crippen LogP contribution in [0.15, 0.2) is 24.3 Å². The predicted octanol–water partition coefficient (Wildman–Crippen LogP) is 1.29. The van der Waals surface area contributed by atoms with Crippen LogP contribution in [0.25, 0.3) is 0 Å². The fourth-order valence-corrected chi connectivity index (χ4v) is 1.45. The number of hydrogen-bond acceptors (Lipinski definition) is 3. The number of nitrogens with zero attached hydrogens (tertiary/aromatic N) is 1. The van der Waals surface area contributed by atoms with Crippen LogP contribution in [0.5, 0.6) is 5.75 Å². The maximum atomic E-state index is 9.76. The second kappa shape index (κ2) is 2.97. The molecule has 0 spiro atoms. The Kier molecular flexibility index (Phi) is 1.94. The summed E-state index contributed by atoms with van der Waals surface area (Å²) in [6.07, 6.45) is -0.697. The molecule has 0 saturated carbocycles. The molecule has 68 valence electrons. The van der Waals surface area contributed by atoms with Crippen molar-refractivity contribution in [1.29, 1.82) is 0 Å². The van der Waals surface area contributed by atoms with Gasteiger partial charge in [-0.25, -0.2) is 0 Å². The molecule has 1 N–H and O–H groups in total. The van der Waals surface area contributed by atoms with Gasteiger partial charge >= 0.3 is 0 Å². The lowest BCUT2D eigenvalue weighted by molar-refractivity contribution is 0.0485. The first-order valence-electron chi connectivity index (χ1n) is 3.92. The molecule has 1 aliphatic rings. The van der Waals surface area contributed by atoms with Gasteiger partial charge in [0, 0.05) is 12.6 Å². The zero-order valence-corrected chi connectivity index (χ0v) is 7.91.